The van der Waals surface area contributed by atoms with E-state index in [1.165, 1.54) is 5.56 Å². The third-order valence-corrected chi connectivity index (χ3v) is 3.67. The molecule has 2 aromatic rings. The van der Waals surface area contributed by atoms with Gasteiger partial charge in [-0.2, -0.15) is 0 Å². The second kappa shape index (κ2) is 6.28. The van der Waals surface area contributed by atoms with E-state index in [9.17, 15) is 0 Å². The van der Waals surface area contributed by atoms with Crippen LogP contribution in [0.25, 0.3) is 0 Å². The van der Waals surface area contributed by atoms with Crippen LogP contribution in [0.5, 0.6) is 0 Å². The molecule has 3 heteroatoms. The molecule has 0 radical (unpaired) electrons. The molecule has 0 saturated carbocycles. The molecule has 2 aromatic carbocycles. The molecule has 0 aliphatic carbocycles. The molecule has 20 heavy (non-hydrogen) atoms. The van der Waals surface area contributed by atoms with Gasteiger partial charge >= 0.3 is 0 Å². The van der Waals surface area contributed by atoms with Crippen molar-refractivity contribution in [1.82, 2.24) is 0 Å². The van der Waals surface area contributed by atoms with Gasteiger partial charge in [-0.15, -0.1) is 0 Å². The highest BCUT2D eigenvalue weighted by atomic mass is 35.5. The van der Waals surface area contributed by atoms with Crippen LogP contribution in [0.15, 0.2) is 59.6 Å². The highest BCUT2D eigenvalue weighted by molar-refractivity contribution is 6.38. The molecule has 102 valence electrons. The number of hydrogen-bond acceptors (Lipinski definition) is 1. The lowest BCUT2D eigenvalue weighted by molar-refractivity contribution is 0.675. The maximum atomic E-state index is 6.06. The lowest BCUT2D eigenvalue weighted by Gasteiger charge is -2.19. The molecule has 0 saturated heterocycles. The molecular formula is C17H15Cl2N. The molecule has 0 atom stereocenters. The van der Waals surface area contributed by atoms with Crippen molar-refractivity contribution in [3.05, 3.63) is 70.2 Å². The molecule has 0 aromatic heterocycles. The Morgan fingerprint density at radius 2 is 1.55 bits per heavy atom. The minimum Gasteiger partial charge on any atom is -0.203 e. The van der Waals surface area contributed by atoms with Crippen molar-refractivity contribution >= 4 is 34.8 Å². The summed E-state index contributed by atoms with van der Waals surface area (Å²) in [6, 6.07) is 15.5. The van der Waals surface area contributed by atoms with Gasteiger partial charge in [-0.3, -0.25) is 0 Å². The molecular weight excluding hydrogens is 289 g/mol. The minimum absolute atomic E-state index is 0.154. The quantitative estimate of drug-likeness (QED) is 0.633. The Labute approximate surface area is 129 Å². The largest absolute Gasteiger partial charge is 0.203 e. The summed E-state index contributed by atoms with van der Waals surface area (Å²) in [6.07, 6.45) is 1.92. The Balaban J connectivity index is 2.31. The molecule has 0 fully saturated rings. The van der Waals surface area contributed by atoms with Crippen LogP contribution in [0.2, 0.25) is 10.0 Å². The fourth-order valence-corrected chi connectivity index (χ4v) is 2.29. The standard InChI is InChI=1S/C17H15Cl2N/c1-17(2,13-7-4-3-5-8-13)11-12-20-16-14(18)9-6-10-15(16)19/h3-11H,1-2H3. The third kappa shape index (κ3) is 3.52. The fraction of sp³-hybridized carbons (Fsp3) is 0.176. The van der Waals surface area contributed by atoms with Crippen LogP contribution in [0.3, 0.4) is 0 Å². The van der Waals surface area contributed by atoms with Crippen LogP contribution in [0.1, 0.15) is 19.4 Å². The molecule has 2 rings (SSSR count). The molecule has 0 N–H and O–H groups in total. The van der Waals surface area contributed by atoms with Gasteiger partial charge in [0, 0.05) is 5.41 Å². The van der Waals surface area contributed by atoms with Crippen LogP contribution < -0.4 is 0 Å². The molecule has 0 amide bonds. The monoisotopic (exact) mass is 303 g/mol. The first-order valence-electron chi connectivity index (χ1n) is 6.31. The zero-order valence-corrected chi connectivity index (χ0v) is 12.9. The van der Waals surface area contributed by atoms with Gasteiger partial charge < -0.3 is 0 Å². The summed E-state index contributed by atoms with van der Waals surface area (Å²) in [6.45, 7) is 4.22. The zero-order chi connectivity index (χ0) is 14.6. The van der Waals surface area contributed by atoms with Crippen molar-refractivity contribution in [2.45, 2.75) is 19.3 Å². The van der Waals surface area contributed by atoms with Crippen molar-refractivity contribution in [1.29, 1.82) is 0 Å². The maximum Gasteiger partial charge on any atom is 0.110 e. The zero-order valence-electron chi connectivity index (χ0n) is 11.4. The highest BCUT2D eigenvalue weighted by Crippen LogP contribution is 2.32. The van der Waals surface area contributed by atoms with Gasteiger partial charge in [0.1, 0.15) is 5.69 Å². The van der Waals surface area contributed by atoms with Crippen molar-refractivity contribution in [2.75, 3.05) is 0 Å². The van der Waals surface area contributed by atoms with E-state index in [1.807, 2.05) is 24.3 Å². The molecule has 1 nitrogen and oxygen atoms in total. The Hall–Kier alpha value is -1.53. The number of aliphatic imine (C=N–C) groups is 1. The first kappa shape index (κ1) is 14.9. The van der Waals surface area contributed by atoms with Gasteiger partial charge in [0.25, 0.3) is 0 Å². The molecule has 0 spiro atoms. The number of nitrogens with zero attached hydrogens (tertiary/aromatic N) is 1. The van der Waals surface area contributed by atoms with Gasteiger partial charge in [0.2, 0.25) is 0 Å². The van der Waals surface area contributed by atoms with Crippen LogP contribution >= 0.6 is 23.2 Å². The lowest BCUT2D eigenvalue weighted by Crippen LogP contribution is -2.13. The van der Waals surface area contributed by atoms with Gasteiger partial charge in [-0.1, -0.05) is 73.4 Å². The SMILES string of the molecule is CC(C)(C=C=Nc1c(Cl)cccc1Cl)c1ccccc1. The summed E-state index contributed by atoms with van der Waals surface area (Å²) < 4.78 is 0. The van der Waals surface area contributed by atoms with Gasteiger partial charge in [0.05, 0.1) is 10.0 Å². The molecule has 0 aliphatic heterocycles. The van der Waals surface area contributed by atoms with Gasteiger partial charge in [-0.05, 0) is 29.6 Å². The smallest absolute Gasteiger partial charge is 0.110 e. The summed E-state index contributed by atoms with van der Waals surface area (Å²) in [7, 11) is 0. The Morgan fingerprint density at radius 1 is 0.950 bits per heavy atom. The number of hydrogen-bond donors (Lipinski definition) is 0. The van der Waals surface area contributed by atoms with Crippen molar-refractivity contribution in [2.24, 2.45) is 4.99 Å². The summed E-state index contributed by atoms with van der Waals surface area (Å²) in [5.41, 5.74) is 1.60. The topological polar surface area (TPSA) is 12.4 Å². The van der Waals surface area contributed by atoms with E-state index < -0.39 is 0 Å². The number of benzene rings is 2. The van der Waals surface area contributed by atoms with Crippen molar-refractivity contribution in [3.8, 4) is 0 Å². The number of para-hydroxylation sites is 1. The van der Waals surface area contributed by atoms with E-state index in [0.717, 1.165) is 0 Å². The second-order valence-electron chi connectivity index (χ2n) is 5.04. The van der Waals surface area contributed by atoms with Crippen LogP contribution in [0.4, 0.5) is 5.69 Å². The minimum atomic E-state index is -0.154. The second-order valence-corrected chi connectivity index (χ2v) is 5.86. The normalized spacial score (nSPS) is 10.8. The highest BCUT2D eigenvalue weighted by Gasteiger charge is 2.16. The fourth-order valence-electron chi connectivity index (χ4n) is 1.81. The van der Waals surface area contributed by atoms with E-state index in [-0.39, 0.29) is 5.41 Å². The van der Waals surface area contributed by atoms with Crippen LogP contribution in [-0.4, -0.2) is 5.87 Å². The average Bonchev–Trinajstić information content (AvgIpc) is 2.43. The molecule has 0 unspecified atom stereocenters. The van der Waals surface area contributed by atoms with E-state index in [1.54, 1.807) is 18.2 Å². The third-order valence-electron chi connectivity index (χ3n) is 3.06. The van der Waals surface area contributed by atoms with Crippen molar-refractivity contribution in [3.63, 3.8) is 0 Å². The molecule has 0 aliphatic rings. The molecule has 0 bridgehead atoms. The summed E-state index contributed by atoms with van der Waals surface area (Å²) >= 11 is 12.1. The van der Waals surface area contributed by atoms with Gasteiger partial charge in [-0.25, -0.2) is 4.99 Å². The van der Waals surface area contributed by atoms with Crippen molar-refractivity contribution < 1.29 is 0 Å². The number of rotatable bonds is 3. The van der Waals surface area contributed by atoms with Crippen LogP contribution in [-0.2, 0) is 5.41 Å². The lowest BCUT2D eigenvalue weighted by atomic mass is 9.85. The Morgan fingerprint density at radius 3 is 2.15 bits per heavy atom. The maximum absolute atomic E-state index is 6.06. The number of allylic oxidation sites excluding steroid dienone is 1. The first-order chi connectivity index (χ1) is 9.50. The summed E-state index contributed by atoms with van der Waals surface area (Å²) in [5.74, 6) is 2.95. The first-order valence-corrected chi connectivity index (χ1v) is 7.06. The number of halogens is 2. The Bertz CT molecular complexity index is 634. The summed E-state index contributed by atoms with van der Waals surface area (Å²) in [4.78, 5) is 4.25. The Kier molecular flexibility index (Phi) is 4.67. The summed E-state index contributed by atoms with van der Waals surface area (Å²) in [5, 5.41) is 1.05. The van der Waals surface area contributed by atoms with Crippen LogP contribution in [0, 0.1) is 0 Å². The van der Waals surface area contributed by atoms with E-state index in [0.29, 0.717) is 15.7 Å². The van der Waals surface area contributed by atoms with E-state index >= 15 is 0 Å². The van der Waals surface area contributed by atoms with Gasteiger partial charge in [0.15, 0.2) is 0 Å². The molecule has 0 heterocycles. The predicted octanol–water partition coefficient (Wildman–Crippen LogP) is 5.83. The van der Waals surface area contributed by atoms with E-state index in [4.69, 9.17) is 23.2 Å². The average molecular weight is 304 g/mol. The van der Waals surface area contributed by atoms with E-state index in [2.05, 4.69) is 36.8 Å². The predicted molar refractivity (Wildman–Crippen MR) is 87.6 cm³/mol.